The Balaban J connectivity index is 1.54. The van der Waals surface area contributed by atoms with Crippen molar-refractivity contribution in [3.05, 3.63) is 70.2 Å². The fourth-order valence-corrected chi connectivity index (χ4v) is 3.75. The third kappa shape index (κ3) is 5.81. The fourth-order valence-electron chi connectivity index (χ4n) is 2.87. The first-order valence-corrected chi connectivity index (χ1v) is 10.3. The van der Waals surface area contributed by atoms with Gasteiger partial charge in [0, 0.05) is 12.2 Å². The minimum atomic E-state index is -0.403. The van der Waals surface area contributed by atoms with Gasteiger partial charge in [-0.2, -0.15) is 0 Å². The molecule has 3 aromatic rings. The van der Waals surface area contributed by atoms with E-state index in [1.54, 1.807) is 20.1 Å². The molecular formula is C22H24N4O3S. The van der Waals surface area contributed by atoms with Gasteiger partial charge in [-0.05, 0) is 55.7 Å². The van der Waals surface area contributed by atoms with E-state index in [1.807, 2.05) is 49.4 Å². The number of hydrogen-bond donors (Lipinski definition) is 3. The van der Waals surface area contributed by atoms with E-state index in [-0.39, 0.29) is 5.91 Å². The number of aryl methyl sites for hydroxylation is 2. The number of ether oxygens (including phenoxy) is 1. The Labute approximate surface area is 179 Å². The molecule has 0 aliphatic heterocycles. The second kappa shape index (κ2) is 9.89. The van der Waals surface area contributed by atoms with Crippen LogP contribution in [-0.4, -0.2) is 30.6 Å². The standard InChI is InChI=1S/C22H24N4O3S/c1-14-6-4-8-17(12-14)25-21(28)26-22-24-15(2)19(30-22)20(27)23-11-10-16-7-5-9-18(13-16)29-3/h4-9,12-13H,10-11H2,1-3H3,(H,23,27)(H2,24,25,26,28). The first-order chi connectivity index (χ1) is 14.4. The van der Waals surface area contributed by atoms with E-state index in [0.29, 0.717) is 34.4 Å². The zero-order chi connectivity index (χ0) is 21.5. The molecular weight excluding hydrogens is 400 g/mol. The van der Waals surface area contributed by atoms with Crippen molar-refractivity contribution in [3.63, 3.8) is 0 Å². The lowest BCUT2D eigenvalue weighted by Gasteiger charge is -2.06. The number of rotatable bonds is 7. The van der Waals surface area contributed by atoms with E-state index in [0.717, 1.165) is 28.2 Å². The maximum atomic E-state index is 12.5. The number of nitrogens with one attached hydrogen (secondary N) is 3. The first kappa shape index (κ1) is 21.3. The maximum absolute atomic E-state index is 12.5. The highest BCUT2D eigenvalue weighted by Crippen LogP contribution is 2.23. The van der Waals surface area contributed by atoms with Gasteiger partial charge in [-0.15, -0.1) is 0 Å². The number of nitrogens with zero attached hydrogens (tertiary/aromatic N) is 1. The lowest BCUT2D eigenvalue weighted by molar-refractivity contribution is 0.0957. The van der Waals surface area contributed by atoms with Crippen LogP contribution >= 0.6 is 11.3 Å². The Morgan fingerprint density at radius 2 is 1.87 bits per heavy atom. The number of benzene rings is 2. The van der Waals surface area contributed by atoms with Gasteiger partial charge in [0.05, 0.1) is 12.8 Å². The number of urea groups is 1. The van der Waals surface area contributed by atoms with Crippen molar-refractivity contribution in [2.45, 2.75) is 20.3 Å². The third-order valence-electron chi connectivity index (χ3n) is 4.33. The van der Waals surface area contributed by atoms with Crippen LogP contribution in [-0.2, 0) is 6.42 Å². The van der Waals surface area contributed by atoms with Crippen LogP contribution in [0.1, 0.15) is 26.5 Å². The molecule has 1 heterocycles. The SMILES string of the molecule is COc1cccc(CCNC(=O)c2sc(NC(=O)Nc3cccc(C)c3)nc2C)c1. The summed E-state index contributed by atoms with van der Waals surface area (Å²) in [6, 6.07) is 14.8. The molecule has 3 amide bonds. The molecule has 8 heteroatoms. The maximum Gasteiger partial charge on any atom is 0.325 e. The molecule has 0 aliphatic rings. The highest BCUT2D eigenvalue weighted by atomic mass is 32.1. The highest BCUT2D eigenvalue weighted by Gasteiger charge is 2.16. The van der Waals surface area contributed by atoms with Crippen molar-refractivity contribution in [2.75, 3.05) is 24.3 Å². The summed E-state index contributed by atoms with van der Waals surface area (Å²) in [6.45, 7) is 4.18. The van der Waals surface area contributed by atoms with Crippen molar-refractivity contribution < 1.29 is 14.3 Å². The van der Waals surface area contributed by atoms with E-state index >= 15 is 0 Å². The molecule has 3 N–H and O–H groups in total. The number of anilines is 2. The molecule has 0 bridgehead atoms. The molecule has 156 valence electrons. The van der Waals surface area contributed by atoms with Gasteiger partial charge >= 0.3 is 6.03 Å². The van der Waals surface area contributed by atoms with Gasteiger partial charge in [0.1, 0.15) is 10.6 Å². The van der Waals surface area contributed by atoms with Gasteiger partial charge < -0.3 is 15.4 Å². The number of carbonyl (C=O) groups excluding carboxylic acids is 2. The molecule has 0 saturated heterocycles. The van der Waals surface area contributed by atoms with Crippen LogP contribution in [0.25, 0.3) is 0 Å². The van der Waals surface area contributed by atoms with Gasteiger partial charge in [0.25, 0.3) is 5.91 Å². The predicted molar refractivity (Wildman–Crippen MR) is 120 cm³/mol. The average molecular weight is 425 g/mol. The summed E-state index contributed by atoms with van der Waals surface area (Å²) in [6.07, 6.45) is 0.685. The number of methoxy groups -OCH3 is 1. The zero-order valence-corrected chi connectivity index (χ0v) is 17.9. The summed E-state index contributed by atoms with van der Waals surface area (Å²) in [5.41, 5.74) is 3.39. The van der Waals surface area contributed by atoms with E-state index in [9.17, 15) is 9.59 Å². The molecule has 0 saturated carbocycles. The monoisotopic (exact) mass is 424 g/mol. The molecule has 7 nitrogen and oxygen atoms in total. The van der Waals surface area contributed by atoms with E-state index in [2.05, 4.69) is 20.9 Å². The van der Waals surface area contributed by atoms with Gasteiger partial charge in [-0.25, -0.2) is 9.78 Å². The largest absolute Gasteiger partial charge is 0.497 e. The molecule has 0 radical (unpaired) electrons. The Morgan fingerprint density at radius 3 is 2.63 bits per heavy atom. The van der Waals surface area contributed by atoms with E-state index in [4.69, 9.17) is 4.74 Å². The minimum Gasteiger partial charge on any atom is -0.497 e. The number of carbonyl (C=O) groups is 2. The van der Waals surface area contributed by atoms with Gasteiger partial charge in [-0.3, -0.25) is 10.1 Å². The minimum absolute atomic E-state index is 0.208. The van der Waals surface area contributed by atoms with Crippen molar-refractivity contribution in [1.29, 1.82) is 0 Å². The topological polar surface area (TPSA) is 92.4 Å². The molecule has 3 rings (SSSR count). The number of hydrogen-bond acceptors (Lipinski definition) is 5. The predicted octanol–water partition coefficient (Wildman–Crippen LogP) is 4.39. The summed E-state index contributed by atoms with van der Waals surface area (Å²) in [5, 5.41) is 8.71. The van der Waals surface area contributed by atoms with Crippen molar-refractivity contribution in [1.82, 2.24) is 10.3 Å². The van der Waals surface area contributed by atoms with E-state index in [1.165, 1.54) is 0 Å². The summed E-state index contributed by atoms with van der Waals surface area (Å²) in [4.78, 5) is 29.5. The fraction of sp³-hybridized carbons (Fsp3) is 0.227. The molecule has 30 heavy (non-hydrogen) atoms. The highest BCUT2D eigenvalue weighted by molar-refractivity contribution is 7.17. The average Bonchev–Trinajstić information content (AvgIpc) is 3.08. The van der Waals surface area contributed by atoms with Crippen LogP contribution in [0.15, 0.2) is 48.5 Å². The van der Waals surface area contributed by atoms with Crippen LogP contribution in [0.3, 0.4) is 0 Å². The Morgan fingerprint density at radius 1 is 1.07 bits per heavy atom. The zero-order valence-electron chi connectivity index (χ0n) is 17.1. The molecule has 0 aliphatic carbocycles. The summed E-state index contributed by atoms with van der Waals surface area (Å²) in [7, 11) is 1.63. The van der Waals surface area contributed by atoms with E-state index < -0.39 is 6.03 Å². The van der Waals surface area contributed by atoms with Crippen molar-refractivity contribution >= 4 is 34.1 Å². The number of thiazole rings is 1. The lowest BCUT2D eigenvalue weighted by atomic mass is 10.1. The quantitative estimate of drug-likeness (QED) is 0.525. The summed E-state index contributed by atoms with van der Waals surface area (Å²) >= 11 is 1.15. The second-order valence-electron chi connectivity index (χ2n) is 6.74. The first-order valence-electron chi connectivity index (χ1n) is 9.48. The van der Waals surface area contributed by atoms with Gasteiger partial charge in [-0.1, -0.05) is 35.6 Å². The number of aromatic nitrogens is 1. The normalized spacial score (nSPS) is 10.4. The summed E-state index contributed by atoms with van der Waals surface area (Å²) < 4.78 is 5.21. The van der Waals surface area contributed by atoms with Gasteiger partial charge in [0.15, 0.2) is 5.13 Å². The molecule has 2 aromatic carbocycles. The Kier molecular flexibility index (Phi) is 7.03. The van der Waals surface area contributed by atoms with Crippen LogP contribution in [0, 0.1) is 13.8 Å². The van der Waals surface area contributed by atoms with Crippen molar-refractivity contribution in [3.8, 4) is 5.75 Å². The smallest absolute Gasteiger partial charge is 0.325 e. The van der Waals surface area contributed by atoms with Crippen LogP contribution in [0.5, 0.6) is 5.75 Å². The molecule has 0 spiro atoms. The molecule has 0 atom stereocenters. The van der Waals surface area contributed by atoms with Crippen LogP contribution < -0.4 is 20.7 Å². The van der Waals surface area contributed by atoms with Gasteiger partial charge in [0.2, 0.25) is 0 Å². The summed E-state index contributed by atoms with van der Waals surface area (Å²) in [5.74, 6) is 0.580. The molecule has 1 aromatic heterocycles. The van der Waals surface area contributed by atoms with Crippen LogP contribution in [0.4, 0.5) is 15.6 Å². The Hall–Kier alpha value is -3.39. The van der Waals surface area contributed by atoms with Crippen molar-refractivity contribution in [2.24, 2.45) is 0 Å². The number of amides is 3. The second-order valence-corrected chi connectivity index (χ2v) is 7.74. The third-order valence-corrected chi connectivity index (χ3v) is 5.40. The molecule has 0 unspecified atom stereocenters. The lowest BCUT2D eigenvalue weighted by Crippen LogP contribution is -2.25. The Bertz CT molecular complexity index is 1050. The molecule has 0 fully saturated rings. The van der Waals surface area contributed by atoms with Crippen LogP contribution in [0.2, 0.25) is 0 Å².